The maximum absolute atomic E-state index is 11.9. The second-order valence-corrected chi connectivity index (χ2v) is 6.14. The monoisotopic (exact) mass is 304 g/mol. The van der Waals surface area contributed by atoms with E-state index in [0.29, 0.717) is 23.1 Å². The lowest BCUT2D eigenvalue weighted by molar-refractivity contribution is -0.125. The van der Waals surface area contributed by atoms with Crippen LogP contribution in [0.25, 0.3) is 0 Å². The van der Waals surface area contributed by atoms with Crippen LogP contribution in [0.15, 0.2) is 24.3 Å². The number of carbonyl (C=O) groups is 2. The van der Waals surface area contributed by atoms with E-state index in [4.69, 9.17) is 10.5 Å². The fourth-order valence-corrected chi connectivity index (χ4v) is 2.87. The molecule has 1 aromatic rings. The molecule has 0 unspecified atom stereocenters. The third-order valence-corrected chi connectivity index (χ3v) is 4.53. The first kappa shape index (κ1) is 16.3. The van der Waals surface area contributed by atoms with E-state index in [1.54, 1.807) is 24.3 Å². The van der Waals surface area contributed by atoms with Crippen molar-refractivity contribution >= 4 is 17.6 Å². The van der Waals surface area contributed by atoms with E-state index in [0.717, 1.165) is 12.8 Å². The van der Waals surface area contributed by atoms with Crippen LogP contribution in [0.1, 0.15) is 43.5 Å². The van der Waals surface area contributed by atoms with Crippen LogP contribution in [0.5, 0.6) is 0 Å². The molecule has 120 valence electrons. The zero-order chi connectivity index (χ0) is 16.1. The first-order chi connectivity index (χ1) is 10.5. The van der Waals surface area contributed by atoms with Gasteiger partial charge in [-0.3, -0.25) is 4.79 Å². The van der Waals surface area contributed by atoms with Crippen molar-refractivity contribution in [2.24, 2.45) is 11.8 Å². The summed E-state index contributed by atoms with van der Waals surface area (Å²) in [6.07, 6.45) is 3.32. The van der Waals surface area contributed by atoms with Crippen LogP contribution in [0.3, 0.4) is 0 Å². The van der Waals surface area contributed by atoms with Gasteiger partial charge in [0.25, 0.3) is 5.91 Å². The Morgan fingerprint density at radius 2 is 1.91 bits per heavy atom. The third-order valence-electron chi connectivity index (χ3n) is 4.53. The van der Waals surface area contributed by atoms with Crippen molar-refractivity contribution in [3.63, 3.8) is 0 Å². The molecule has 1 aromatic carbocycles. The molecule has 1 aliphatic rings. The van der Waals surface area contributed by atoms with Crippen LogP contribution in [0, 0.1) is 11.8 Å². The fraction of sp³-hybridized carbons (Fsp3) is 0.529. The summed E-state index contributed by atoms with van der Waals surface area (Å²) >= 11 is 0. The number of hydrogen-bond donors (Lipinski definition) is 2. The minimum Gasteiger partial charge on any atom is -0.452 e. The van der Waals surface area contributed by atoms with E-state index in [-0.39, 0.29) is 18.6 Å². The molecule has 0 radical (unpaired) electrons. The molecule has 22 heavy (non-hydrogen) atoms. The molecule has 1 fully saturated rings. The number of benzene rings is 1. The summed E-state index contributed by atoms with van der Waals surface area (Å²) in [6, 6.07) is 6.59. The highest BCUT2D eigenvalue weighted by Gasteiger charge is 2.28. The SMILES string of the molecule is C[C@H]1[C@@H](NC(=O)COC(=O)c2ccc(N)cc2)CCC[C@@H]1C. The Morgan fingerprint density at radius 1 is 1.23 bits per heavy atom. The summed E-state index contributed by atoms with van der Waals surface area (Å²) in [5, 5.41) is 2.98. The minimum atomic E-state index is -0.514. The summed E-state index contributed by atoms with van der Waals surface area (Å²) in [7, 11) is 0. The molecule has 5 heteroatoms. The molecule has 2 rings (SSSR count). The molecule has 1 amide bonds. The first-order valence-electron chi connectivity index (χ1n) is 7.79. The first-order valence-corrected chi connectivity index (χ1v) is 7.79. The van der Waals surface area contributed by atoms with Crippen molar-refractivity contribution in [3.8, 4) is 0 Å². The Hall–Kier alpha value is -2.04. The number of hydrogen-bond acceptors (Lipinski definition) is 4. The second-order valence-electron chi connectivity index (χ2n) is 6.14. The Morgan fingerprint density at radius 3 is 2.59 bits per heavy atom. The number of ether oxygens (including phenoxy) is 1. The van der Waals surface area contributed by atoms with Gasteiger partial charge in [0.15, 0.2) is 6.61 Å². The van der Waals surface area contributed by atoms with Gasteiger partial charge in [-0.25, -0.2) is 4.79 Å². The van der Waals surface area contributed by atoms with Gasteiger partial charge in [0.2, 0.25) is 0 Å². The normalized spacial score (nSPS) is 24.5. The third kappa shape index (κ3) is 4.23. The van der Waals surface area contributed by atoms with E-state index >= 15 is 0 Å². The van der Waals surface area contributed by atoms with E-state index in [1.165, 1.54) is 6.42 Å². The van der Waals surface area contributed by atoms with Gasteiger partial charge >= 0.3 is 5.97 Å². The van der Waals surface area contributed by atoms with Crippen LogP contribution in [0.4, 0.5) is 5.69 Å². The molecule has 3 atom stereocenters. The number of nitrogens with two attached hydrogens (primary N) is 1. The molecule has 5 nitrogen and oxygen atoms in total. The van der Waals surface area contributed by atoms with Crippen molar-refractivity contribution in [2.45, 2.75) is 39.2 Å². The van der Waals surface area contributed by atoms with Crippen LogP contribution in [0.2, 0.25) is 0 Å². The molecule has 0 aromatic heterocycles. The van der Waals surface area contributed by atoms with E-state index in [1.807, 2.05) is 0 Å². The fourth-order valence-electron chi connectivity index (χ4n) is 2.87. The highest BCUT2D eigenvalue weighted by atomic mass is 16.5. The second kappa shape index (κ2) is 7.29. The number of esters is 1. The van der Waals surface area contributed by atoms with Gasteiger partial charge in [-0.1, -0.05) is 26.7 Å². The van der Waals surface area contributed by atoms with E-state index in [2.05, 4.69) is 19.2 Å². The van der Waals surface area contributed by atoms with Crippen LogP contribution in [-0.2, 0) is 9.53 Å². The van der Waals surface area contributed by atoms with Crippen LogP contribution < -0.4 is 11.1 Å². The molecule has 1 saturated carbocycles. The highest BCUT2D eigenvalue weighted by molar-refractivity contribution is 5.91. The Kier molecular flexibility index (Phi) is 5.41. The summed E-state index contributed by atoms with van der Waals surface area (Å²) < 4.78 is 5.04. The maximum atomic E-state index is 11.9. The molecule has 0 heterocycles. The van der Waals surface area contributed by atoms with E-state index in [9.17, 15) is 9.59 Å². The zero-order valence-corrected chi connectivity index (χ0v) is 13.2. The highest BCUT2D eigenvalue weighted by Crippen LogP contribution is 2.29. The summed E-state index contributed by atoms with van der Waals surface area (Å²) in [4.78, 5) is 23.8. The van der Waals surface area contributed by atoms with Gasteiger partial charge < -0.3 is 15.8 Å². The number of carbonyl (C=O) groups excluding carboxylic acids is 2. The lowest BCUT2D eigenvalue weighted by atomic mass is 9.78. The molecule has 0 spiro atoms. The van der Waals surface area contributed by atoms with Gasteiger partial charge in [0, 0.05) is 11.7 Å². The van der Waals surface area contributed by atoms with Crippen molar-refractivity contribution in [3.05, 3.63) is 29.8 Å². The molecule has 1 aliphatic carbocycles. The van der Waals surface area contributed by atoms with Gasteiger partial charge in [0.05, 0.1) is 5.56 Å². The number of amides is 1. The van der Waals surface area contributed by atoms with E-state index < -0.39 is 5.97 Å². The van der Waals surface area contributed by atoms with Crippen molar-refractivity contribution in [1.82, 2.24) is 5.32 Å². The van der Waals surface area contributed by atoms with Gasteiger partial charge in [-0.05, 0) is 42.5 Å². The quantitative estimate of drug-likeness (QED) is 0.661. The Labute approximate surface area is 131 Å². The van der Waals surface area contributed by atoms with Crippen molar-refractivity contribution < 1.29 is 14.3 Å². The Balaban J connectivity index is 1.80. The maximum Gasteiger partial charge on any atom is 0.338 e. The average molecular weight is 304 g/mol. The molecule has 0 aliphatic heterocycles. The summed E-state index contributed by atoms with van der Waals surface area (Å²) in [5.41, 5.74) is 6.53. The van der Waals surface area contributed by atoms with Crippen LogP contribution >= 0.6 is 0 Å². The predicted molar refractivity (Wildman–Crippen MR) is 85.2 cm³/mol. The lowest BCUT2D eigenvalue weighted by Gasteiger charge is -2.34. The Bertz CT molecular complexity index is 527. The van der Waals surface area contributed by atoms with Gasteiger partial charge in [-0.15, -0.1) is 0 Å². The molecular weight excluding hydrogens is 280 g/mol. The minimum absolute atomic E-state index is 0.173. The predicted octanol–water partition coefficient (Wildman–Crippen LogP) is 2.37. The summed E-state index contributed by atoms with van der Waals surface area (Å²) in [5.74, 6) is 0.303. The van der Waals surface area contributed by atoms with Crippen molar-refractivity contribution in [1.29, 1.82) is 0 Å². The lowest BCUT2D eigenvalue weighted by Crippen LogP contribution is -2.45. The number of anilines is 1. The average Bonchev–Trinajstić information content (AvgIpc) is 2.50. The topological polar surface area (TPSA) is 81.4 Å². The summed E-state index contributed by atoms with van der Waals surface area (Å²) in [6.45, 7) is 4.13. The number of nitrogen functional groups attached to an aromatic ring is 1. The van der Waals surface area contributed by atoms with Gasteiger partial charge in [-0.2, -0.15) is 0 Å². The smallest absolute Gasteiger partial charge is 0.338 e. The van der Waals surface area contributed by atoms with Crippen LogP contribution in [-0.4, -0.2) is 24.5 Å². The zero-order valence-electron chi connectivity index (χ0n) is 13.2. The molecule has 3 N–H and O–H groups in total. The van der Waals surface area contributed by atoms with Crippen molar-refractivity contribution in [2.75, 3.05) is 12.3 Å². The van der Waals surface area contributed by atoms with Gasteiger partial charge in [0.1, 0.15) is 0 Å². The molecule has 0 saturated heterocycles. The number of nitrogens with one attached hydrogen (secondary N) is 1. The molecule has 0 bridgehead atoms. The molecular formula is C17H24N2O3. The standard InChI is InChI=1S/C17H24N2O3/c1-11-4-3-5-15(12(11)2)19-16(20)10-22-17(21)13-6-8-14(18)9-7-13/h6-9,11-12,15H,3-5,10,18H2,1-2H3,(H,19,20)/t11-,12+,15-/m0/s1. The largest absolute Gasteiger partial charge is 0.452 e. The number of rotatable bonds is 4.